The highest BCUT2D eigenvalue weighted by molar-refractivity contribution is 5.89. The van der Waals surface area contributed by atoms with Gasteiger partial charge in [-0.05, 0) is 55.5 Å². The summed E-state index contributed by atoms with van der Waals surface area (Å²) in [4.78, 5) is 14.6. The summed E-state index contributed by atoms with van der Waals surface area (Å²) in [6, 6.07) is 20.3. The van der Waals surface area contributed by atoms with E-state index < -0.39 is 0 Å². The summed E-state index contributed by atoms with van der Waals surface area (Å²) in [7, 11) is 1.62. The number of aryl methyl sites for hydroxylation is 1. The first-order valence-electron chi connectivity index (χ1n) is 9.86. The second-order valence-corrected chi connectivity index (χ2v) is 7.14. The zero-order valence-electron chi connectivity index (χ0n) is 17.4. The van der Waals surface area contributed by atoms with Crippen molar-refractivity contribution in [1.82, 2.24) is 10.1 Å². The Bertz CT molecular complexity index is 1120. The zero-order chi connectivity index (χ0) is 21.6. The van der Waals surface area contributed by atoms with Crippen LogP contribution in [-0.4, -0.2) is 23.2 Å². The zero-order valence-corrected chi connectivity index (χ0v) is 17.4. The number of furan rings is 1. The van der Waals surface area contributed by atoms with Gasteiger partial charge in [-0.25, -0.2) is 4.79 Å². The number of carbonyl (C=O) groups is 1. The molecule has 0 atom stereocenters. The molecule has 4 aromatic rings. The smallest absolute Gasteiger partial charge is 0.322 e. The van der Waals surface area contributed by atoms with Crippen LogP contribution in [0.3, 0.4) is 0 Å². The van der Waals surface area contributed by atoms with E-state index >= 15 is 0 Å². The van der Waals surface area contributed by atoms with Gasteiger partial charge in [-0.1, -0.05) is 22.9 Å². The van der Waals surface area contributed by atoms with E-state index in [1.165, 1.54) is 0 Å². The van der Waals surface area contributed by atoms with Crippen molar-refractivity contribution in [1.29, 1.82) is 0 Å². The average molecular weight is 417 g/mol. The average Bonchev–Trinajstić information content (AvgIpc) is 3.47. The van der Waals surface area contributed by atoms with Gasteiger partial charge < -0.3 is 23.9 Å². The molecular formula is C24H23N3O4. The van der Waals surface area contributed by atoms with E-state index in [2.05, 4.69) is 10.5 Å². The fourth-order valence-corrected chi connectivity index (χ4v) is 3.10. The third-order valence-corrected chi connectivity index (χ3v) is 4.80. The fourth-order valence-electron chi connectivity index (χ4n) is 3.10. The largest absolute Gasteiger partial charge is 0.497 e. The third-order valence-electron chi connectivity index (χ3n) is 4.80. The van der Waals surface area contributed by atoms with Crippen LogP contribution in [0.4, 0.5) is 10.5 Å². The Labute approximate surface area is 180 Å². The molecule has 7 heteroatoms. The molecule has 0 unspecified atom stereocenters. The van der Waals surface area contributed by atoms with Gasteiger partial charge in [0.05, 0.1) is 26.5 Å². The van der Waals surface area contributed by atoms with E-state index in [1.54, 1.807) is 24.3 Å². The van der Waals surface area contributed by atoms with Crippen LogP contribution in [-0.2, 0) is 13.1 Å². The number of anilines is 1. The molecule has 0 aliphatic carbocycles. The molecule has 31 heavy (non-hydrogen) atoms. The molecule has 4 rings (SSSR count). The van der Waals surface area contributed by atoms with E-state index in [1.807, 2.05) is 67.6 Å². The Balaban J connectivity index is 1.50. The predicted molar refractivity (Wildman–Crippen MR) is 117 cm³/mol. The highest BCUT2D eigenvalue weighted by Gasteiger charge is 2.19. The molecular weight excluding hydrogens is 394 g/mol. The van der Waals surface area contributed by atoms with Crippen LogP contribution in [0.25, 0.3) is 11.3 Å². The lowest BCUT2D eigenvalue weighted by molar-refractivity contribution is 0.199. The van der Waals surface area contributed by atoms with Crippen molar-refractivity contribution < 1.29 is 18.5 Å². The highest BCUT2D eigenvalue weighted by atomic mass is 16.5. The number of nitrogens with zero attached hydrogens (tertiary/aromatic N) is 2. The van der Waals surface area contributed by atoms with Gasteiger partial charge >= 0.3 is 6.03 Å². The van der Waals surface area contributed by atoms with Gasteiger partial charge in [0, 0.05) is 17.3 Å². The molecule has 2 amide bonds. The lowest BCUT2D eigenvalue weighted by Crippen LogP contribution is -2.34. The first kappa shape index (κ1) is 20.3. The lowest BCUT2D eigenvalue weighted by Gasteiger charge is -2.21. The van der Waals surface area contributed by atoms with Gasteiger partial charge in [0.15, 0.2) is 5.76 Å². The maximum absolute atomic E-state index is 13.0. The molecule has 0 aliphatic rings. The summed E-state index contributed by atoms with van der Waals surface area (Å²) in [6.45, 7) is 2.56. The third kappa shape index (κ3) is 5.14. The molecule has 0 fully saturated rings. The van der Waals surface area contributed by atoms with Crippen LogP contribution < -0.4 is 10.1 Å². The molecule has 0 spiro atoms. The summed E-state index contributed by atoms with van der Waals surface area (Å²) in [5.74, 6) is 2.06. The minimum atomic E-state index is -0.255. The van der Waals surface area contributed by atoms with Crippen LogP contribution in [0.1, 0.15) is 17.0 Å². The van der Waals surface area contributed by atoms with E-state index in [0.717, 1.165) is 22.6 Å². The summed E-state index contributed by atoms with van der Waals surface area (Å²) < 4.78 is 16.1. The second kappa shape index (κ2) is 9.21. The van der Waals surface area contributed by atoms with Gasteiger partial charge in [0.25, 0.3) is 0 Å². The van der Waals surface area contributed by atoms with Crippen molar-refractivity contribution in [2.45, 2.75) is 20.0 Å². The maximum atomic E-state index is 13.0. The summed E-state index contributed by atoms with van der Waals surface area (Å²) in [6.07, 6.45) is 1.59. The number of amides is 2. The minimum Gasteiger partial charge on any atom is -0.497 e. The number of hydrogen-bond donors (Lipinski definition) is 1. The molecule has 2 heterocycles. The number of methoxy groups -OCH3 is 1. The van der Waals surface area contributed by atoms with Crippen molar-refractivity contribution >= 4 is 11.7 Å². The molecule has 0 bridgehead atoms. The number of ether oxygens (including phenoxy) is 1. The van der Waals surface area contributed by atoms with Gasteiger partial charge in [0.2, 0.25) is 0 Å². The van der Waals surface area contributed by atoms with Crippen molar-refractivity contribution in [3.05, 3.63) is 90.0 Å². The second-order valence-electron chi connectivity index (χ2n) is 7.14. The van der Waals surface area contributed by atoms with E-state index in [-0.39, 0.29) is 12.6 Å². The topological polar surface area (TPSA) is 80.7 Å². The standard InChI is InChI=1S/C24H23N3O4/c1-17-5-9-19(10-6-17)25-24(28)27(16-22-4-3-13-30-22)15-20-14-23(31-26-20)18-7-11-21(29-2)12-8-18/h3-14H,15-16H2,1-2H3,(H,25,28). The van der Waals surface area contributed by atoms with E-state index in [0.29, 0.717) is 23.8 Å². The summed E-state index contributed by atoms with van der Waals surface area (Å²) in [5.41, 5.74) is 3.36. The van der Waals surface area contributed by atoms with Crippen LogP contribution >= 0.6 is 0 Å². The number of nitrogens with one attached hydrogen (secondary N) is 1. The molecule has 1 N–H and O–H groups in total. The Morgan fingerprint density at radius 1 is 1.06 bits per heavy atom. The number of carbonyl (C=O) groups excluding carboxylic acids is 1. The molecule has 0 saturated heterocycles. The van der Waals surface area contributed by atoms with Crippen molar-refractivity contribution in [3.63, 3.8) is 0 Å². The Hall–Kier alpha value is -4.00. The monoisotopic (exact) mass is 417 g/mol. The Morgan fingerprint density at radius 2 is 1.84 bits per heavy atom. The van der Waals surface area contributed by atoms with E-state index in [4.69, 9.17) is 13.7 Å². The number of benzene rings is 2. The van der Waals surface area contributed by atoms with Crippen molar-refractivity contribution in [2.24, 2.45) is 0 Å². The highest BCUT2D eigenvalue weighted by Crippen LogP contribution is 2.24. The first-order chi connectivity index (χ1) is 15.1. The Kier molecular flexibility index (Phi) is 6.03. The van der Waals surface area contributed by atoms with Gasteiger partial charge in [-0.3, -0.25) is 0 Å². The molecule has 2 aromatic heterocycles. The first-order valence-corrected chi connectivity index (χ1v) is 9.86. The lowest BCUT2D eigenvalue weighted by atomic mass is 10.1. The van der Waals surface area contributed by atoms with Crippen LogP contribution in [0.5, 0.6) is 5.75 Å². The van der Waals surface area contributed by atoms with Crippen LogP contribution in [0.15, 0.2) is 81.9 Å². The molecule has 0 saturated carbocycles. The number of hydrogen-bond acceptors (Lipinski definition) is 5. The quantitative estimate of drug-likeness (QED) is 0.430. The normalized spacial score (nSPS) is 10.6. The minimum absolute atomic E-state index is 0.255. The van der Waals surface area contributed by atoms with Crippen LogP contribution in [0, 0.1) is 6.92 Å². The van der Waals surface area contributed by atoms with Crippen LogP contribution in [0.2, 0.25) is 0 Å². The predicted octanol–water partition coefficient (Wildman–Crippen LogP) is 5.49. The van der Waals surface area contributed by atoms with Crippen molar-refractivity contribution in [2.75, 3.05) is 12.4 Å². The molecule has 2 aromatic carbocycles. The van der Waals surface area contributed by atoms with Crippen molar-refractivity contribution in [3.8, 4) is 17.1 Å². The Morgan fingerprint density at radius 3 is 2.52 bits per heavy atom. The number of urea groups is 1. The maximum Gasteiger partial charge on any atom is 0.322 e. The molecule has 0 radical (unpaired) electrons. The SMILES string of the molecule is COc1ccc(-c2cc(CN(Cc3ccco3)C(=O)Nc3ccc(C)cc3)no2)cc1. The number of rotatable bonds is 7. The van der Waals surface area contributed by atoms with Gasteiger partial charge in [0.1, 0.15) is 17.2 Å². The summed E-state index contributed by atoms with van der Waals surface area (Å²) in [5, 5.41) is 7.07. The molecule has 158 valence electrons. The van der Waals surface area contributed by atoms with Gasteiger partial charge in [-0.2, -0.15) is 0 Å². The van der Waals surface area contributed by atoms with Gasteiger partial charge in [-0.15, -0.1) is 0 Å². The fraction of sp³-hybridized carbons (Fsp3) is 0.167. The van der Waals surface area contributed by atoms with E-state index in [9.17, 15) is 4.79 Å². The molecule has 7 nitrogen and oxygen atoms in total. The number of aromatic nitrogens is 1. The summed E-state index contributed by atoms with van der Waals surface area (Å²) >= 11 is 0. The molecule has 0 aliphatic heterocycles.